The zero-order valence-corrected chi connectivity index (χ0v) is 12.0. The number of hydrazone groups is 1. The number of nitrogens with zero attached hydrogens (tertiary/aromatic N) is 2. The van der Waals surface area contributed by atoms with Crippen LogP contribution in [0.4, 0.5) is 0 Å². The lowest BCUT2D eigenvalue weighted by Gasteiger charge is -2.23. The Morgan fingerprint density at radius 3 is 2.89 bits per heavy atom. The van der Waals surface area contributed by atoms with Crippen molar-refractivity contribution in [3.05, 3.63) is 29.6 Å². The Hall–Kier alpha value is -1.49. The van der Waals surface area contributed by atoms with Gasteiger partial charge < -0.3 is 5.32 Å². The van der Waals surface area contributed by atoms with Crippen molar-refractivity contribution in [1.29, 1.82) is 0 Å². The molecule has 0 saturated heterocycles. The average Bonchev–Trinajstić information content (AvgIpc) is 2.40. The van der Waals surface area contributed by atoms with Crippen LogP contribution in [0, 0.1) is 6.92 Å². The molecule has 0 aromatic carbocycles. The number of thiocarbonyl (C=S) groups is 1. The van der Waals surface area contributed by atoms with E-state index in [1.807, 2.05) is 25.1 Å². The van der Waals surface area contributed by atoms with Crippen molar-refractivity contribution in [2.75, 3.05) is 0 Å². The summed E-state index contributed by atoms with van der Waals surface area (Å²) in [7, 11) is 0. The van der Waals surface area contributed by atoms with E-state index in [0.29, 0.717) is 11.2 Å². The molecule has 0 spiro atoms. The van der Waals surface area contributed by atoms with Crippen LogP contribution in [-0.2, 0) is 0 Å². The number of hydrogen-bond acceptors (Lipinski definition) is 3. The van der Waals surface area contributed by atoms with E-state index in [9.17, 15) is 0 Å². The van der Waals surface area contributed by atoms with Crippen LogP contribution in [-0.4, -0.2) is 22.4 Å². The molecule has 2 N–H and O–H groups in total. The fraction of sp³-hybridized carbons (Fsp3) is 0.500. The van der Waals surface area contributed by atoms with Gasteiger partial charge in [-0.05, 0) is 44.1 Å². The van der Waals surface area contributed by atoms with Gasteiger partial charge in [-0.3, -0.25) is 10.4 Å². The minimum atomic E-state index is 0.501. The third-order valence-corrected chi connectivity index (χ3v) is 3.42. The Morgan fingerprint density at radius 2 is 2.16 bits per heavy atom. The van der Waals surface area contributed by atoms with Crippen LogP contribution in [0.3, 0.4) is 0 Å². The van der Waals surface area contributed by atoms with Gasteiger partial charge in [0, 0.05) is 11.7 Å². The first-order valence-electron chi connectivity index (χ1n) is 6.77. The van der Waals surface area contributed by atoms with Gasteiger partial charge in [0.2, 0.25) is 0 Å². The second kappa shape index (κ2) is 7.19. The third kappa shape index (κ3) is 4.95. The number of pyridine rings is 1. The van der Waals surface area contributed by atoms with E-state index in [1.165, 1.54) is 32.1 Å². The van der Waals surface area contributed by atoms with Crippen LogP contribution >= 0.6 is 12.2 Å². The minimum absolute atomic E-state index is 0.501. The highest BCUT2D eigenvalue weighted by atomic mass is 32.1. The first-order valence-corrected chi connectivity index (χ1v) is 7.18. The highest BCUT2D eigenvalue weighted by molar-refractivity contribution is 7.80. The van der Waals surface area contributed by atoms with Gasteiger partial charge in [-0.25, -0.2) is 0 Å². The van der Waals surface area contributed by atoms with Crippen LogP contribution < -0.4 is 10.7 Å². The molecule has 1 aliphatic carbocycles. The van der Waals surface area contributed by atoms with Gasteiger partial charge in [0.05, 0.1) is 11.9 Å². The van der Waals surface area contributed by atoms with Gasteiger partial charge in [-0.1, -0.05) is 25.3 Å². The van der Waals surface area contributed by atoms with Gasteiger partial charge in [0.1, 0.15) is 0 Å². The van der Waals surface area contributed by atoms with E-state index >= 15 is 0 Å². The number of rotatable bonds is 3. The lowest BCUT2D eigenvalue weighted by atomic mass is 9.96. The van der Waals surface area contributed by atoms with E-state index in [-0.39, 0.29) is 0 Å². The summed E-state index contributed by atoms with van der Waals surface area (Å²) in [5.41, 5.74) is 4.65. The fourth-order valence-corrected chi connectivity index (χ4v) is 2.48. The van der Waals surface area contributed by atoms with Crippen molar-refractivity contribution >= 4 is 23.5 Å². The van der Waals surface area contributed by atoms with Crippen LogP contribution in [0.1, 0.15) is 43.5 Å². The van der Waals surface area contributed by atoms with E-state index in [4.69, 9.17) is 12.2 Å². The summed E-state index contributed by atoms with van der Waals surface area (Å²) < 4.78 is 0. The van der Waals surface area contributed by atoms with E-state index in [1.54, 1.807) is 6.21 Å². The Bertz CT molecular complexity index is 453. The molecule has 0 unspecified atom stereocenters. The maximum atomic E-state index is 5.22. The monoisotopic (exact) mass is 276 g/mol. The zero-order valence-electron chi connectivity index (χ0n) is 11.2. The fourth-order valence-electron chi connectivity index (χ4n) is 2.26. The summed E-state index contributed by atoms with van der Waals surface area (Å²) in [6, 6.07) is 6.33. The Labute approximate surface area is 119 Å². The highest BCUT2D eigenvalue weighted by Gasteiger charge is 2.13. The largest absolute Gasteiger partial charge is 0.359 e. The summed E-state index contributed by atoms with van der Waals surface area (Å²) in [5.74, 6) is 0. The summed E-state index contributed by atoms with van der Waals surface area (Å²) in [4.78, 5) is 4.33. The molecular weight excluding hydrogens is 256 g/mol. The van der Waals surface area contributed by atoms with Crippen LogP contribution in [0.2, 0.25) is 0 Å². The van der Waals surface area contributed by atoms with Gasteiger partial charge in [0.15, 0.2) is 5.11 Å². The molecule has 1 aliphatic rings. The summed E-state index contributed by atoms with van der Waals surface area (Å²) >= 11 is 5.22. The van der Waals surface area contributed by atoms with Crippen molar-refractivity contribution in [2.45, 2.75) is 45.1 Å². The standard InChI is InChI=1S/C14H20N4S/c1-11-6-5-9-13(16-11)10-15-18-14(19)17-12-7-3-2-4-8-12/h5-6,9-10,12H,2-4,7-8H2,1H3,(H2,17,18,19)/b15-10+. The molecule has 0 atom stereocenters. The molecule has 1 fully saturated rings. The molecule has 5 heteroatoms. The minimum Gasteiger partial charge on any atom is -0.359 e. The van der Waals surface area contributed by atoms with Crippen molar-refractivity contribution in [3.8, 4) is 0 Å². The van der Waals surface area contributed by atoms with Crippen molar-refractivity contribution in [2.24, 2.45) is 5.10 Å². The number of hydrogen-bond donors (Lipinski definition) is 2. The summed E-state index contributed by atoms with van der Waals surface area (Å²) in [5, 5.41) is 8.00. The highest BCUT2D eigenvalue weighted by Crippen LogP contribution is 2.17. The van der Waals surface area contributed by atoms with Gasteiger partial charge in [0.25, 0.3) is 0 Å². The first-order chi connectivity index (χ1) is 9.24. The second-order valence-corrected chi connectivity index (χ2v) is 5.29. The molecule has 19 heavy (non-hydrogen) atoms. The molecular formula is C14H20N4S. The number of nitrogens with one attached hydrogen (secondary N) is 2. The number of aryl methyl sites for hydroxylation is 1. The topological polar surface area (TPSA) is 49.3 Å². The predicted octanol–water partition coefficient (Wildman–Crippen LogP) is 2.52. The van der Waals surface area contributed by atoms with Crippen LogP contribution in [0.25, 0.3) is 0 Å². The lowest BCUT2D eigenvalue weighted by Crippen LogP contribution is -2.40. The molecule has 0 amide bonds. The molecule has 4 nitrogen and oxygen atoms in total. The SMILES string of the molecule is Cc1cccc(/C=N/NC(=S)NC2CCCCC2)n1. The third-order valence-electron chi connectivity index (χ3n) is 3.21. The molecule has 102 valence electrons. The molecule has 0 bridgehead atoms. The molecule has 2 rings (SSSR count). The lowest BCUT2D eigenvalue weighted by molar-refractivity contribution is 0.412. The molecule has 1 saturated carbocycles. The predicted molar refractivity (Wildman–Crippen MR) is 82.3 cm³/mol. The Balaban J connectivity index is 1.76. The molecule has 1 aromatic heterocycles. The molecule has 1 heterocycles. The van der Waals surface area contributed by atoms with E-state index < -0.39 is 0 Å². The maximum Gasteiger partial charge on any atom is 0.187 e. The van der Waals surface area contributed by atoms with Gasteiger partial charge in [-0.2, -0.15) is 5.10 Å². The van der Waals surface area contributed by atoms with Crippen LogP contribution in [0.5, 0.6) is 0 Å². The Morgan fingerprint density at radius 1 is 1.37 bits per heavy atom. The molecule has 0 aliphatic heterocycles. The van der Waals surface area contributed by atoms with Crippen LogP contribution in [0.15, 0.2) is 23.3 Å². The molecule has 0 radical (unpaired) electrons. The smallest absolute Gasteiger partial charge is 0.187 e. The van der Waals surface area contributed by atoms with Crippen molar-refractivity contribution in [1.82, 2.24) is 15.7 Å². The summed E-state index contributed by atoms with van der Waals surface area (Å²) in [6.45, 7) is 1.96. The average molecular weight is 276 g/mol. The van der Waals surface area contributed by atoms with Gasteiger partial charge in [-0.15, -0.1) is 0 Å². The van der Waals surface area contributed by atoms with E-state index in [2.05, 4.69) is 20.8 Å². The maximum absolute atomic E-state index is 5.22. The van der Waals surface area contributed by atoms with Gasteiger partial charge >= 0.3 is 0 Å². The quantitative estimate of drug-likeness (QED) is 0.506. The normalized spacial score (nSPS) is 16.5. The van der Waals surface area contributed by atoms with Crippen molar-refractivity contribution in [3.63, 3.8) is 0 Å². The molecule has 1 aromatic rings. The number of aromatic nitrogens is 1. The zero-order chi connectivity index (χ0) is 13.5. The first kappa shape index (κ1) is 13.9. The van der Waals surface area contributed by atoms with E-state index in [0.717, 1.165) is 11.4 Å². The van der Waals surface area contributed by atoms with Crippen molar-refractivity contribution < 1.29 is 0 Å². The second-order valence-electron chi connectivity index (χ2n) is 4.88. The Kier molecular flexibility index (Phi) is 5.27. The summed E-state index contributed by atoms with van der Waals surface area (Å²) in [6.07, 6.45) is 8.00.